The van der Waals surface area contributed by atoms with Crippen LogP contribution in [-0.4, -0.2) is 18.4 Å². The Morgan fingerprint density at radius 3 is 2.63 bits per heavy atom. The lowest BCUT2D eigenvalue weighted by atomic mass is 10.1. The van der Waals surface area contributed by atoms with Crippen LogP contribution in [0.1, 0.15) is 20.3 Å². The summed E-state index contributed by atoms with van der Waals surface area (Å²) in [6.45, 7) is 3.75. The lowest BCUT2D eigenvalue weighted by molar-refractivity contribution is -0.119. The van der Waals surface area contributed by atoms with Crippen molar-refractivity contribution >= 4 is 34.8 Å². The number of halogens is 1. The monoisotopic (exact) mass is 283 g/mol. The van der Waals surface area contributed by atoms with E-state index < -0.39 is 0 Å². The smallest absolute Gasteiger partial charge is 0.228 e. The lowest BCUT2D eigenvalue weighted by Gasteiger charge is -2.13. The predicted molar refractivity (Wildman–Crippen MR) is 77.2 cm³/mol. The predicted octanol–water partition coefficient (Wildman–Crippen LogP) is 2.22. The minimum atomic E-state index is -0.301. The van der Waals surface area contributed by atoms with Crippen molar-refractivity contribution in [2.24, 2.45) is 11.7 Å². The zero-order valence-corrected chi connectivity index (χ0v) is 11.8. The molecule has 0 aromatic heterocycles. The molecule has 0 heterocycles. The third kappa shape index (κ3) is 4.54. The van der Waals surface area contributed by atoms with Crippen LogP contribution in [0.25, 0.3) is 0 Å². The molecule has 19 heavy (non-hydrogen) atoms. The first kappa shape index (κ1) is 15.5. The Morgan fingerprint density at radius 1 is 1.37 bits per heavy atom. The molecule has 6 heteroatoms. The van der Waals surface area contributed by atoms with Crippen molar-refractivity contribution in [1.82, 2.24) is 0 Å². The first-order valence-corrected chi connectivity index (χ1v) is 6.46. The second kappa shape index (κ2) is 7.11. The summed E-state index contributed by atoms with van der Waals surface area (Å²) >= 11 is 6.00. The van der Waals surface area contributed by atoms with E-state index in [1.165, 1.54) is 0 Å². The number of nitrogens with one attached hydrogen (secondary N) is 2. The average Bonchev–Trinajstić information content (AvgIpc) is 2.41. The SMILES string of the molecule is CCC(=O)Nc1ccc(Cl)c(NC(=O)C(C)CN)c1. The van der Waals surface area contributed by atoms with Gasteiger partial charge in [0.05, 0.1) is 10.7 Å². The van der Waals surface area contributed by atoms with Gasteiger partial charge < -0.3 is 16.4 Å². The Kier molecular flexibility index (Phi) is 5.79. The molecule has 1 atom stereocenters. The summed E-state index contributed by atoms with van der Waals surface area (Å²) in [4.78, 5) is 23.1. The molecule has 2 amide bonds. The summed E-state index contributed by atoms with van der Waals surface area (Å²) in [5.74, 6) is -0.608. The van der Waals surface area contributed by atoms with Gasteiger partial charge in [0.1, 0.15) is 0 Å². The summed E-state index contributed by atoms with van der Waals surface area (Å²) in [6, 6.07) is 4.92. The number of benzene rings is 1. The number of anilines is 2. The maximum Gasteiger partial charge on any atom is 0.228 e. The van der Waals surface area contributed by atoms with Crippen molar-refractivity contribution in [3.63, 3.8) is 0 Å². The van der Waals surface area contributed by atoms with E-state index in [1.807, 2.05) is 0 Å². The normalized spacial score (nSPS) is 11.8. The third-order valence-corrected chi connectivity index (χ3v) is 2.96. The molecule has 1 unspecified atom stereocenters. The van der Waals surface area contributed by atoms with Crippen molar-refractivity contribution in [3.05, 3.63) is 23.2 Å². The molecule has 0 spiro atoms. The van der Waals surface area contributed by atoms with Gasteiger partial charge in [0.2, 0.25) is 11.8 Å². The zero-order chi connectivity index (χ0) is 14.4. The molecule has 0 radical (unpaired) electrons. The van der Waals surface area contributed by atoms with E-state index in [0.717, 1.165) is 0 Å². The number of rotatable bonds is 5. The van der Waals surface area contributed by atoms with Crippen molar-refractivity contribution in [2.75, 3.05) is 17.2 Å². The van der Waals surface area contributed by atoms with Gasteiger partial charge in [0.25, 0.3) is 0 Å². The summed E-state index contributed by atoms with van der Waals surface area (Å²) in [5, 5.41) is 5.80. The fourth-order valence-electron chi connectivity index (χ4n) is 1.31. The van der Waals surface area contributed by atoms with E-state index in [0.29, 0.717) is 22.8 Å². The number of hydrogen-bond acceptors (Lipinski definition) is 3. The molecule has 0 aliphatic carbocycles. The van der Waals surface area contributed by atoms with Gasteiger partial charge in [-0.25, -0.2) is 0 Å². The van der Waals surface area contributed by atoms with Crippen LogP contribution in [-0.2, 0) is 9.59 Å². The molecule has 0 bridgehead atoms. The topological polar surface area (TPSA) is 84.2 Å². The zero-order valence-electron chi connectivity index (χ0n) is 11.0. The Morgan fingerprint density at radius 2 is 2.05 bits per heavy atom. The summed E-state index contributed by atoms with van der Waals surface area (Å²) in [5.41, 5.74) is 6.48. The minimum absolute atomic E-state index is 0.102. The van der Waals surface area contributed by atoms with Gasteiger partial charge in [0.15, 0.2) is 0 Å². The maximum absolute atomic E-state index is 11.7. The first-order chi connectivity index (χ1) is 8.97. The van der Waals surface area contributed by atoms with Crippen molar-refractivity contribution in [3.8, 4) is 0 Å². The van der Waals surface area contributed by atoms with E-state index >= 15 is 0 Å². The van der Waals surface area contributed by atoms with Crippen LogP contribution >= 0.6 is 11.6 Å². The Labute approximate surface area is 117 Å². The molecule has 5 nitrogen and oxygen atoms in total. The summed E-state index contributed by atoms with van der Waals surface area (Å²) in [6.07, 6.45) is 0.383. The second-order valence-corrected chi connectivity index (χ2v) is 4.63. The van der Waals surface area contributed by atoms with Crippen LogP contribution in [0.4, 0.5) is 11.4 Å². The quantitative estimate of drug-likeness (QED) is 0.775. The highest BCUT2D eigenvalue weighted by Gasteiger charge is 2.13. The number of amides is 2. The fraction of sp³-hybridized carbons (Fsp3) is 0.385. The molecule has 0 aliphatic rings. The van der Waals surface area contributed by atoms with Gasteiger partial charge in [-0.1, -0.05) is 25.4 Å². The second-order valence-electron chi connectivity index (χ2n) is 4.22. The van der Waals surface area contributed by atoms with Crippen LogP contribution in [0, 0.1) is 5.92 Å². The molecule has 4 N–H and O–H groups in total. The average molecular weight is 284 g/mol. The van der Waals surface area contributed by atoms with E-state index in [2.05, 4.69) is 10.6 Å². The van der Waals surface area contributed by atoms with Crippen molar-refractivity contribution < 1.29 is 9.59 Å². The van der Waals surface area contributed by atoms with Crippen LogP contribution < -0.4 is 16.4 Å². The summed E-state index contributed by atoms with van der Waals surface area (Å²) in [7, 11) is 0. The Bertz CT molecular complexity index is 477. The summed E-state index contributed by atoms with van der Waals surface area (Å²) < 4.78 is 0. The molecule has 0 aliphatic heterocycles. The molecule has 1 aromatic rings. The number of carbonyl (C=O) groups is 2. The van der Waals surface area contributed by atoms with Crippen LogP contribution in [0.2, 0.25) is 5.02 Å². The Balaban J connectivity index is 2.85. The molecule has 1 aromatic carbocycles. The van der Waals surface area contributed by atoms with Gasteiger partial charge >= 0.3 is 0 Å². The van der Waals surface area contributed by atoms with Gasteiger partial charge in [0, 0.05) is 24.6 Å². The fourth-order valence-corrected chi connectivity index (χ4v) is 1.48. The van der Waals surface area contributed by atoms with Gasteiger partial charge in [-0.05, 0) is 18.2 Å². The number of nitrogens with two attached hydrogens (primary N) is 1. The highest BCUT2D eigenvalue weighted by atomic mass is 35.5. The third-order valence-electron chi connectivity index (χ3n) is 2.63. The van der Waals surface area contributed by atoms with Crippen LogP contribution in [0.15, 0.2) is 18.2 Å². The Hall–Kier alpha value is -1.59. The van der Waals surface area contributed by atoms with E-state index in [-0.39, 0.29) is 24.3 Å². The molecule has 104 valence electrons. The molecule has 0 fully saturated rings. The molecular weight excluding hydrogens is 266 g/mol. The van der Waals surface area contributed by atoms with E-state index in [9.17, 15) is 9.59 Å². The van der Waals surface area contributed by atoms with Crippen molar-refractivity contribution in [1.29, 1.82) is 0 Å². The van der Waals surface area contributed by atoms with Crippen molar-refractivity contribution in [2.45, 2.75) is 20.3 Å². The minimum Gasteiger partial charge on any atom is -0.330 e. The molecule has 0 saturated carbocycles. The van der Waals surface area contributed by atoms with Gasteiger partial charge in [-0.15, -0.1) is 0 Å². The highest BCUT2D eigenvalue weighted by molar-refractivity contribution is 6.33. The maximum atomic E-state index is 11.7. The standard InChI is InChI=1S/C13H18ClN3O2/c1-3-12(18)16-9-4-5-10(14)11(6-9)17-13(19)8(2)7-15/h4-6,8H,3,7,15H2,1-2H3,(H,16,18)(H,17,19). The molecular formula is C13H18ClN3O2. The van der Waals surface area contributed by atoms with Gasteiger partial charge in [-0.3, -0.25) is 9.59 Å². The number of carbonyl (C=O) groups excluding carboxylic acids is 2. The molecule has 1 rings (SSSR count). The van der Waals surface area contributed by atoms with E-state index in [4.69, 9.17) is 17.3 Å². The first-order valence-electron chi connectivity index (χ1n) is 6.08. The van der Waals surface area contributed by atoms with Crippen LogP contribution in [0.3, 0.4) is 0 Å². The van der Waals surface area contributed by atoms with Crippen LogP contribution in [0.5, 0.6) is 0 Å². The number of hydrogen-bond donors (Lipinski definition) is 3. The van der Waals surface area contributed by atoms with Gasteiger partial charge in [-0.2, -0.15) is 0 Å². The molecule has 0 saturated heterocycles. The largest absolute Gasteiger partial charge is 0.330 e. The highest BCUT2D eigenvalue weighted by Crippen LogP contribution is 2.26. The lowest BCUT2D eigenvalue weighted by Crippen LogP contribution is -2.26. The van der Waals surface area contributed by atoms with E-state index in [1.54, 1.807) is 32.0 Å².